The highest BCUT2D eigenvalue weighted by atomic mass is 16.2. The van der Waals surface area contributed by atoms with Crippen LogP contribution in [0.2, 0.25) is 0 Å². The molecule has 2 heterocycles. The fraction of sp³-hybridized carbons (Fsp3) is 0.235. The van der Waals surface area contributed by atoms with E-state index in [1.807, 2.05) is 30.3 Å². The van der Waals surface area contributed by atoms with E-state index in [1.54, 1.807) is 11.0 Å². The number of carbonyl (C=O) groups is 1. The van der Waals surface area contributed by atoms with E-state index in [0.29, 0.717) is 13.0 Å². The normalized spacial score (nSPS) is 11.9. The van der Waals surface area contributed by atoms with Crippen molar-refractivity contribution >= 4 is 5.91 Å². The van der Waals surface area contributed by atoms with E-state index in [1.165, 1.54) is 19.6 Å². The molecular weight excluding hydrogens is 336 g/mol. The van der Waals surface area contributed by atoms with Gasteiger partial charge in [-0.2, -0.15) is 5.10 Å². The lowest BCUT2D eigenvalue weighted by atomic mass is 10.0. The number of nitrogens with one attached hydrogen (secondary N) is 2. The van der Waals surface area contributed by atoms with E-state index in [-0.39, 0.29) is 11.6 Å². The molecule has 134 valence electrons. The fourth-order valence-corrected chi connectivity index (χ4v) is 2.58. The van der Waals surface area contributed by atoms with Crippen molar-refractivity contribution in [2.45, 2.75) is 19.0 Å². The highest BCUT2D eigenvalue weighted by molar-refractivity contribution is 5.93. The maximum Gasteiger partial charge on any atom is 0.328 e. The first kappa shape index (κ1) is 17.3. The zero-order valence-electron chi connectivity index (χ0n) is 14.1. The third-order valence-electron chi connectivity index (χ3n) is 3.97. The molecule has 2 N–H and O–H groups in total. The zero-order valence-corrected chi connectivity index (χ0v) is 14.1. The van der Waals surface area contributed by atoms with Crippen LogP contribution in [-0.4, -0.2) is 30.2 Å². The molecule has 0 aliphatic rings. The van der Waals surface area contributed by atoms with Crippen LogP contribution in [-0.2, 0) is 13.6 Å². The van der Waals surface area contributed by atoms with E-state index < -0.39 is 17.2 Å². The number of hydrogen-bond acceptors (Lipinski definition) is 5. The molecule has 0 spiro atoms. The number of carbonyl (C=O) groups excluding carboxylic acids is 1. The fourth-order valence-electron chi connectivity index (χ4n) is 2.58. The Morgan fingerprint density at radius 3 is 2.73 bits per heavy atom. The van der Waals surface area contributed by atoms with Gasteiger partial charge < -0.3 is 9.88 Å². The Morgan fingerprint density at radius 1 is 1.27 bits per heavy atom. The van der Waals surface area contributed by atoms with Crippen molar-refractivity contribution in [2.24, 2.45) is 7.05 Å². The summed E-state index contributed by atoms with van der Waals surface area (Å²) in [7, 11) is 1.47. The molecule has 2 aromatic heterocycles. The molecule has 1 amide bonds. The Kier molecular flexibility index (Phi) is 5.07. The number of hydrogen-bond donors (Lipinski definition) is 2. The molecule has 0 aliphatic heterocycles. The third-order valence-corrected chi connectivity index (χ3v) is 3.97. The van der Waals surface area contributed by atoms with Gasteiger partial charge in [-0.3, -0.25) is 19.3 Å². The van der Waals surface area contributed by atoms with E-state index in [4.69, 9.17) is 0 Å². The molecule has 0 fully saturated rings. The number of aromatic nitrogens is 5. The van der Waals surface area contributed by atoms with Crippen LogP contribution in [0.5, 0.6) is 0 Å². The van der Waals surface area contributed by atoms with Crippen LogP contribution in [0.3, 0.4) is 0 Å². The minimum atomic E-state index is -0.714. The largest absolute Gasteiger partial charge is 0.345 e. The van der Waals surface area contributed by atoms with E-state index in [0.717, 1.165) is 10.1 Å². The first-order valence-electron chi connectivity index (χ1n) is 8.03. The molecule has 9 nitrogen and oxygen atoms in total. The number of nitrogens with zero attached hydrogens (tertiary/aromatic N) is 4. The lowest BCUT2D eigenvalue weighted by Gasteiger charge is -2.19. The quantitative estimate of drug-likeness (QED) is 0.657. The second kappa shape index (κ2) is 7.60. The third kappa shape index (κ3) is 3.94. The summed E-state index contributed by atoms with van der Waals surface area (Å²) in [6, 6.07) is 9.11. The van der Waals surface area contributed by atoms with E-state index in [2.05, 4.69) is 20.4 Å². The number of aryl methyl sites for hydroxylation is 2. The molecule has 3 rings (SSSR count). The van der Waals surface area contributed by atoms with Crippen molar-refractivity contribution < 1.29 is 4.79 Å². The maximum atomic E-state index is 12.6. The highest BCUT2D eigenvalue weighted by Crippen LogP contribution is 2.17. The first-order chi connectivity index (χ1) is 12.5. The molecule has 1 aromatic carbocycles. The summed E-state index contributed by atoms with van der Waals surface area (Å²) in [6.45, 7) is 0.545. The Morgan fingerprint density at radius 2 is 2.04 bits per heavy atom. The molecule has 3 aromatic rings. The van der Waals surface area contributed by atoms with Crippen molar-refractivity contribution in [3.05, 3.63) is 81.1 Å². The minimum absolute atomic E-state index is 0.117. The lowest BCUT2D eigenvalue weighted by molar-refractivity contribution is 0.0930. The first-order valence-corrected chi connectivity index (χ1v) is 8.03. The average Bonchev–Trinajstić information content (AvgIpc) is 3.15. The number of H-pyrrole nitrogens is 1. The van der Waals surface area contributed by atoms with Gasteiger partial charge >= 0.3 is 5.69 Å². The van der Waals surface area contributed by atoms with Gasteiger partial charge in [-0.05, 0) is 12.0 Å². The van der Waals surface area contributed by atoms with Gasteiger partial charge in [-0.15, -0.1) is 0 Å². The van der Waals surface area contributed by atoms with Gasteiger partial charge in [0.25, 0.3) is 11.5 Å². The van der Waals surface area contributed by atoms with Crippen LogP contribution in [0.4, 0.5) is 0 Å². The molecular formula is C17H18N6O3. The zero-order chi connectivity index (χ0) is 18.5. The summed E-state index contributed by atoms with van der Waals surface area (Å²) < 4.78 is 2.82. The van der Waals surface area contributed by atoms with Gasteiger partial charge in [0, 0.05) is 19.8 Å². The van der Waals surface area contributed by atoms with Crippen LogP contribution in [0.15, 0.2) is 58.8 Å². The Balaban J connectivity index is 1.83. The Bertz CT molecular complexity index is 991. The van der Waals surface area contributed by atoms with E-state index >= 15 is 0 Å². The Labute approximate surface area is 148 Å². The number of rotatable bonds is 6. The molecule has 0 radical (unpaired) electrons. The van der Waals surface area contributed by atoms with E-state index in [9.17, 15) is 14.4 Å². The Hall–Kier alpha value is -3.49. The number of aromatic amines is 1. The smallest absolute Gasteiger partial charge is 0.328 e. The monoisotopic (exact) mass is 354 g/mol. The van der Waals surface area contributed by atoms with Crippen molar-refractivity contribution in [1.29, 1.82) is 0 Å². The second-order valence-electron chi connectivity index (χ2n) is 5.80. The van der Waals surface area contributed by atoms with Crippen molar-refractivity contribution in [1.82, 2.24) is 29.6 Å². The van der Waals surface area contributed by atoms with Crippen LogP contribution in [0.1, 0.15) is 28.4 Å². The highest BCUT2D eigenvalue weighted by Gasteiger charge is 2.19. The molecule has 0 saturated heterocycles. The summed E-state index contributed by atoms with van der Waals surface area (Å²) >= 11 is 0. The van der Waals surface area contributed by atoms with Gasteiger partial charge in [0.1, 0.15) is 18.2 Å². The summed E-state index contributed by atoms with van der Waals surface area (Å²) in [5.41, 5.74) is -0.498. The van der Waals surface area contributed by atoms with Crippen LogP contribution in [0, 0.1) is 0 Å². The number of amides is 1. The molecule has 0 saturated carbocycles. The molecule has 1 unspecified atom stereocenters. The average molecular weight is 354 g/mol. The van der Waals surface area contributed by atoms with Crippen LogP contribution in [0.25, 0.3) is 0 Å². The van der Waals surface area contributed by atoms with Gasteiger partial charge in [-0.1, -0.05) is 30.3 Å². The van der Waals surface area contributed by atoms with Crippen molar-refractivity contribution in [2.75, 3.05) is 0 Å². The summed E-state index contributed by atoms with van der Waals surface area (Å²) in [6.07, 6.45) is 4.83. The topological polar surface area (TPSA) is 115 Å². The standard InChI is InChI=1S/C17H18N6O3/c1-22-9-13(16(25)21-17(22)26)15(24)20-14(12-5-3-2-4-6-12)7-8-23-11-18-10-19-23/h2-6,9-11,14H,7-8H2,1H3,(H,20,24)(H,21,25,26). The van der Waals surface area contributed by atoms with Crippen molar-refractivity contribution in [3.8, 4) is 0 Å². The SMILES string of the molecule is Cn1cc(C(=O)NC(CCn2cncn2)c2ccccc2)c(=O)[nH]c1=O. The predicted octanol–water partition coefficient (Wildman–Crippen LogP) is 0.226. The second-order valence-corrected chi connectivity index (χ2v) is 5.80. The summed E-state index contributed by atoms with van der Waals surface area (Å²) in [5, 5.41) is 6.92. The van der Waals surface area contributed by atoms with Gasteiger partial charge in [0.15, 0.2) is 0 Å². The molecule has 9 heteroatoms. The molecule has 0 bridgehead atoms. The summed E-state index contributed by atoms with van der Waals surface area (Å²) in [5.74, 6) is -0.547. The van der Waals surface area contributed by atoms with Crippen LogP contribution < -0.4 is 16.6 Å². The van der Waals surface area contributed by atoms with Gasteiger partial charge in [0.2, 0.25) is 0 Å². The lowest BCUT2D eigenvalue weighted by Crippen LogP contribution is -2.37. The predicted molar refractivity (Wildman–Crippen MR) is 93.6 cm³/mol. The van der Waals surface area contributed by atoms with Gasteiger partial charge in [-0.25, -0.2) is 9.78 Å². The summed E-state index contributed by atoms with van der Waals surface area (Å²) in [4.78, 5) is 42.0. The molecule has 0 aliphatic carbocycles. The number of benzene rings is 1. The van der Waals surface area contributed by atoms with Crippen molar-refractivity contribution in [3.63, 3.8) is 0 Å². The molecule has 1 atom stereocenters. The minimum Gasteiger partial charge on any atom is -0.345 e. The maximum absolute atomic E-state index is 12.6. The van der Waals surface area contributed by atoms with Gasteiger partial charge in [0.05, 0.1) is 6.04 Å². The van der Waals surface area contributed by atoms with Crippen LogP contribution >= 0.6 is 0 Å². The molecule has 26 heavy (non-hydrogen) atoms.